The van der Waals surface area contributed by atoms with Gasteiger partial charge in [-0.2, -0.15) is 0 Å². The summed E-state index contributed by atoms with van der Waals surface area (Å²) in [5.74, 6) is 0.678. The van der Waals surface area contributed by atoms with Crippen LogP contribution in [0.25, 0.3) is 11.0 Å². The van der Waals surface area contributed by atoms with Crippen LogP contribution in [0.5, 0.6) is 5.75 Å². The van der Waals surface area contributed by atoms with Crippen molar-refractivity contribution in [2.75, 3.05) is 12.4 Å². The number of benzene rings is 2. The van der Waals surface area contributed by atoms with Gasteiger partial charge < -0.3 is 14.5 Å². The van der Waals surface area contributed by atoms with Crippen molar-refractivity contribution >= 4 is 22.6 Å². The molecule has 0 radical (unpaired) electrons. The predicted molar refractivity (Wildman–Crippen MR) is 95.5 cm³/mol. The van der Waals surface area contributed by atoms with Crippen molar-refractivity contribution < 1.29 is 13.9 Å². The molecule has 0 aliphatic heterocycles. The first kappa shape index (κ1) is 16.1. The number of rotatable bonds is 6. The molecule has 0 saturated heterocycles. The molecule has 0 fully saturated rings. The Bertz CT molecular complexity index is 834. The van der Waals surface area contributed by atoms with E-state index in [0.717, 1.165) is 40.8 Å². The minimum absolute atomic E-state index is 0.0586. The fourth-order valence-electron chi connectivity index (χ4n) is 2.75. The molecule has 0 unspecified atom stereocenters. The van der Waals surface area contributed by atoms with E-state index in [1.165, 1.54) is 5.56 Å². The molecule has 0 aliphatic rings. The number of fused-ring (bicyclic) bond motifs is 1. The highest BCUT2D eigenvalue weighted by atomic mass is 16.5. The number of anilines is 1. The third kappa shape index (κ3) is 3.59. The molecule has 1 N–H and O–H groups in total. The standard InChI is InChI=1S/C20H21NO3/c1-3-4-14-5-7-16(8-6-14)21-20(22)11-15-13-24-19-12-17(23-2)9-10-18(15)19/h5-10,12-13H,3-4,11H2,1-2H3,(H,21,22). The van der Waals surface area contributed by atoms with Crippen LogP contribution in [-0.4, -0.2) is 13.0 Å². The maximum Gasteiger partial charge on any atom is 0.228 e. The molecule has 24 heavy (non-hydrogen) atoms. The number of furan rings is 1. The van der Waals surface area contributed by atoms with Gasteiger partial charge in [-0.1, -0.05) is 25.5 Å². The Morgan fingerprint density at radius 2 is 1.96 bits per heavy atom. The van der Waals surface area contributed by atoms with Gasteiger partial charge in [-0.15, -0.1) is 0 Å². The van der Waals surface area contributed by atoms with Gasteiger partial charge in [-0.25, -0.2) is 0 Å². The Kier molecular flexibility index (Phi) is 4.85. The van der Waals surface area contributed by atoms with Crippen LogP contribution in [0.4, 0.5) is 5.69 Å². The quantitative estimate of drug-likeness (QED) is 0.722. The fourth-order valence-corrected chi connectivity index (χ4v) is 2.75. The molecule has 1 aromatic heterocycles. The van der Waals surface area contributed by atoms with Gasteiger partial charge in [0.05, 0.1) is 19.8 Å². The fraction of sp³-hybridized carbons (Fsp3) is 0.250. The summed E-state index contributed by atoms with van der Waals surface area (Å²) in [7, 11) is 1.62. The lowest BCUT2D eigenvalue weighted by atomic mass is 10.1. The third-order valence-electron chi connectivity index (χ3n) is 3.99. The van der Waals surface area contributed by atoms with Gasteiger partial charge in [0.2, 0.25) is 5.91 Å². The number of carbonyl (C=O) groups excluding carboxylic acids is 1. The van der Waals surface area contributed by atoms with Crippen molar-refractivity contribution in [3.63, 3.8) is 0 Å². The topological polar surface area (TPSA) is 51.5 Å². The number of carbonyl (C=O) groups is 1. The zero-order valence-electron chi connectivity index (χ0n) is 14.0. The highest BCUT2D eigenvalue weighted by molar-refractivity contribution is 5.95. The molecular weight excluding hydrogens is 302 g/mol. The summed E-state index contributed by atoms with van der Waals surface area (Å²) >= 11 is 0. The van der Waals surface area contributed by atoms with Crippen LogP contribution < -0.4 is 10.1 Å². The van der Waals surface area contributed by atoms with Crippen molar-refractivity contribution in [3.8, 4) is 5.75 Å². The molecule has 0 aliphatic carbocycles. The average molecular weight is 323 g/mol. The van der Waals surface area contributed by atoms with E-state index < -0.39 is 0 Å². The second-order valence-corrected chi connectivity index (χ2v) is 5.79. The van der Waals surface area contributed by atoms with Gasteiger partial charge in [0.25, 0.3) is 0 Å². The summed E-state index contributed by atoms with van der Waals surface area (Å²) < 4.78 is 10.7. The van der Waals surface area contributed by atoms with Gasteiger partial charge in [-0.3, -0.25) is 4.79 Å². The maximum atomic E-state index is 12.3. The van der Waals surface area contributed by atoms with E-state index in [9.17, 15) is 4.79 Å². The van der Waals surface area contributed by atoms with Crippen LogP contribution in [0.15, 0.2) is 53.1 Å². The van der Waals surface area contributed by atoms with E-state index in [4.69, 9.17) is 9.15 Å². The monoisotopic (exact) mass is 323 g/mol. The number of hydrogen-bond acceptors (Lipinski definition) is 3. The van der Waals surface area contributed by atoms with Crippen molar-refractivity contribution in [2.24, 2.45) is 0 Å². The Morgan fingerprint density at radius 1 is 1.17 bits per heavy atom. The third-order valence-corrected chi connectivity index (χ3v) is 3.99. The zero-order valence-corrected chi connectivity index (χ0v) is 14.0. The summed E-state index contributed by atoms with van der Waals surface area (Å²) in [4.78, 5) is 12.3. The second-order valence-electron chi connectivity index (χ2n) is 5.79. The number of nitrogens with one attached hydrogen (secondary N) is 1. The Balaban J connectivity index is 1.68. The first-order chi connectivity index (χ1) is 11.7. The van der Waals surface area contributed by atoms with Crippen LogP contribution in [0, 0.1) is 0 Å². The van der Waals surface area contributed by atoms with Gasteiger partial charge in [0.1, 0.15) is 11.3 Å². The normalized spacial score (nSPS) is 10.8. The number of aryl methyl sites for hydroxylation is 1. The summed E-state index contributed by atoms with van der Waals surface area (Å²) in [6.07, 6.45) is 4.08. The van der Waals surface area contributed by atoms with Gasteiger partial charge >= 0.3 is 0 Å². The molecule has 0 bridgehead atoms. The molecule has 124 valence electrons. The SMILES string of the molecule is CCCc1ccc(NC(=O)Cc2coc3cc(OC)ccc23)cc1. The molecule has 1 amide bonds. The van der Waals surface area contributed by atoms with Crippen molar-refractivity contribution in [2.45, 2.75) is 26.2 Å². The van der Waals surface area contributed by atoms with Crippen molar-refractivity contribution in [3.05, 3.63) is 59.9 Å². The Hall–Kier alpha value is -2.75. The van der Waals surface area contributed by atoms with E-state index in [-0.39, 0.29) is 12.3 Å². The summed E-state index contributed by atoms with van der Waals surface area (Å²) in [6.45, 7) is 2.15. The molecular formula is C20H21NO3. The van der Waals surface area contributed by atoms with E-state index in [1.807, 2.05) is 30.3 Å². The molecule has 0 saturated carbocycles. The van der Waals surface area contributed by atoms with Crippen LogP contribution in [-0.2, 0) is 17.6 Å². The van der Waals surface area contributed by atoms with Gasteiger partial charge in [0, 0.05) is 22.7 Å². The van der Waals surface area contributed by atoms with E-state index >= 15 is 0 Å². The van der Waals surface area contributed by atoms with E-state index in [1.54, 1.807) is 13.4 Å². The number of ether oxygens (including phenoxy) is 1. The van der Waals surface area contributed by atoms with Gasteiger partial charge in [0.15, 0.2) is 0 Å². The molecule has 3 rings (SSSR count). The van der Waals surface area contributed by atoms with Gasteiger partial charge in [-0.05, 0) is 36.2 Å². The smallest absolute Gasteiger partial charge is 0.228 e. The lowest BCUT2D eigenvalue weighted by Crippen LogP contribution is -2.14. The molecule has 0 atom stereocenters. The molecule has 1 heterocycles. The molecule has 4 heteroatoms. The van der Waals surface area contributed by atoms with E-state index in [2.05, 4.69) is 24.4 Å². The molecule has 4 nitrogen and oxygen atoms in total. The predicted octanol–water partition coefficient (Wildman–Crippen LogP) is 4.58. The minimum atomic E-state index is -0.0586. The molecule has 2 aromatic carbocycles. The number of hydrogen-bond donors (Lipinski definition) is 1. The number of amides is 1. The first-order valence-electron chi connectivity index (χ1n) is 8.12. The molecule has 0 spiro atoms. The average Bonchev–Trinajstić information content (AvgIpc) is 2.99. The largest absolute Gasteiger partial charge is 0.497 e. The maximum absolute atomic E-state index is 12.3. The molecule has 3 aromatic rings. The first-order valence-corrected chi connectivity index (χ1v) is 8.12. The van der Waals surface area contributed by atoms with E-state index in [0.29, 0.717) is 0 Å². The van der Waals surface area contributed by atoms with Crippen molar-refractivity contribution in [1.29, 1.82) is 0 Å². The van der Waals surface area contributed by atoms with Crippen molar-refractivity contribution in [1.82, 2.24) is 0 Å². The number of methoxy groups -OCH3 is 1. The summed E-state index contributed by atoms with van der Waals surface area (Å²) in [6, 6.07) is 13.6. The second kappa shape index (κ2) is 7.21. The summed E-state index contributed by atoms with van der Waals surface area (Å²) in [5.41, 5.74) is 3.69. The van der Waals surface area contributed by atoms with Crippen LogP contribution in [0.1, 0.15) is 24.5 Å². The minimum Gasteiger partial charge on any atom is -0.497 e. The lowest BCUT2D eigenvalue weighted by Gasteiger charge is -2.06. The summed E-state index contributed by atoms with van der Waals surface area (Å²) in [5, 5.41) is 3.87. The lowest BCUT2D eigenvalue weighted by molar-refractivity contribution is -0.115. The van der Waals surface area contributed by atoms with Crippen LogP contribution in [0.3, 0.4) is 0 Å². The highest BCUT2D eigenvalue weighted by Crippen LogP contribution is 2.26. The van der Waals surface area contributed by atoms with Crippen LogP contribution in [0.2, 0.25) is 0 Å². The Morgan fingerprint density at radius 3 is 2.67 bits per heavy atom. The zero-order chi connectivity index (χ0) is 16.9. The highest BCUT2D eigenvalue weighted by Gasteiger charge is 2.11. The Labute approximate surface area is 141 Å². The van der Waals surface area contributed by atoms with Crippen LogP contribution >= 0.6 is 0 Å².